The fourth-order valence-corrected chi connectivity index (χ4v) is 2.28. The van der Waals surface area contributed by atoms with Gasteiger partial charge in [0.25, 0.3) is 0 Å². The maximum absolute atomic E-state index is 5.72. The van der Waals surface area contributed by atoms with Crippen LogP contribution in [0.5, 0.6) is 5.75 Å². The van der Waals surface area contributed by atoms with Gasteiger partial charge >= 0.3 is 0 Å². The normalized spacial score (nSPS) is 18.3. The van der Waals surface area contributed by atoms with Gasteiger partial charge in [-0.1, -0.05) is 26.0 Å². The third-order valence-electron chi connectivity index (χ3n) is 3.44. The minimum absolute atomic E-state index is 0.287. The van der Waals surface area contributed by atoms with E-state index in [0.29, 0.717) is 25.9 Å². The first-order valence-electron chi connectivity index (χ1n) is 7.88. The van der Waals surface area contributed by atoms with Crippen LogP contribution in [0.1, 0.15) is 32.3 Å². The van der Waals surface area contributed by atoms with Crippen LogP contribution >= 0.6 is 0 Å². The van der Waals surface area contributed by atoms with Crippen molar-refractivity contribution in [2.75, 3.05) is 26.4 Å². The highest BCUT2D eigenvalue weighted by molar-refractivity contribution is 5.28. The van der Waals surface area contributed by atoms with Gasteiger partial charge in [0, 0.05) is 19.2 Å². The van der Waals surface area contributed by atoms with Crippen LogP contribution in [0.25, 0.3) is 0 Å². The van der Waals surface area contributed by atoms with Crippen LogP contribution in [0.3, 0.4) is 0 Å². The Morgan fingerprint density at radius 1 is 1.33 bits per heavy atom. The lowest BCUT2D eigenvalue weighted by Gasteiger charge is -2.12. The summed E-state index contributed by atoms with van der Waals surface area (Å²) in [4.78, 5) is 0. The van der Waals surface area contributed by atoms with Crippen LogP contribution in [0.15, 0.2) is 24.3 Å². The minimum Gasteiger partial charge on any atom is -0.491 e. The molecule has 118 valence electrons. The summed E-state index contributed by atoms with van der Waals surface area (Å²) in [5.74, 6) is 0.902. The molecule has 2 rings (SSSR count). The van der Waals surface area contributed by atoms with E-state index in [0.717, 1.165) is 31.7 Å². The molecule has 0 aromatic heterocycles. The molecule has 0 spiro atoms. The topological polar surface area (TPSA) is 39.7 Å². The van der Waals surface area contributed by atoms with Crippen LogP contribution in [0, 0.1) is 0 Å². The smallest absolute Gasteiger partial charge is 0.119 e. The summed E-state index contributed by atoms with van der Waals surface area (Å²) in [5, 5.41) is 3.40. The van der Waals surface area contributed by atoms with E-state index in [1.165, 1.54) is 5.56 Å². The Hall–Kier alpha value is -1.10. The van der Waals surface area contributed by atoms with E-state index in [1.54, 1.807) is 0 Å². The van der Waals surface area contributed by atoms with Crippen LogP contribution in [-0.4, -0.2) is 38.6 Å². The second-order valence-corrected chi connectivity index (χ2v) is 5.74. The molecule has 1 saturated heterocycles. The lowest BCUT2D eigenvalue weighted by atomic mass is 10.2. The summed E-state index contributed by atoms with van der Waals surface area (Å²) in [6, 6.07) is 8.69. The molecule has 0 bridgehead atoms. The highest BCUT2D eigenvalue weighted by atomic mass is 16.5. The summed E-state index contributed by atoms with van der Waals surface area (Å²) in [6.45, 7) is 7.90. The van der Waals surface area contributed by atoms with Gasteiger partial charge in [0.2, 0.25) is 0 Å². The van der Waals surface area contributed by atoms with Crippen molar-refractivity contribution in [1.29, 1.82) is 0 Å². The number of nitrogens with one attached hydrogen (secondary N) is 1. The molecule has 4 nitrogen and oxygen atoms in total. The van der Waals surface area contributed by atoms with Crippen molar-refractivity contribution >= 4 is 0 Å². The summed E-state index contributed by atoms with van der Waals surface area (Å²) >= 11 is 0. The van der Waals surface area contributed by atoms with Crippen LogP contribution in [-0.2, 0) is 16.0 Å². The minimum atomic E-state index is 0.287. The summed E-state index contributed by atoms with van der Waals surface area (Å²) in [6.07, 6.45) is 2.56. The molecule has 1 N–H and O–H groups in total. The van der Waals surface area contributed by atoms with Crippen molar-refractivity contribution in [2.45, 2.75) is 45.4 Å². The molecular formula is C17H27NO3. The zero-order valence-electron chi connectivity index (χ0n) is 13.1. The first-order chi connectivity index (χ1) is 10.2. The van der Waals surface area contributed by atoms with E-state index in [-0.39, 0.29) is 6.10 Å². The van der Waals surface area contributed by atoms with Crippen LogP contribution in [0.2, 0.25) is 0 Å². The highest BCUT2D eigenvalue weighted by Gasteiger charge is 2.14. The van der Waals surface area contributed by atoms with Crippen LogP contribution < -0.4 is 10.1 Å². The molecule has 1 atom stereocenters. The van der Waals surface area contributed by atoms with Gasteiger partial charge in [-0.25, -0.2) is 0 Å². The standard InChI is InChI=1S/C17H27NO3/c1-14(2)18-12-15-5-3-6-16(11-15)21-10-9-19-13-17-7-4-8-20-17/h3,5-6,11,14,17-18H,4,7-10,12-13H2,1-2H3. The van der Waals surface area contributed by atoms with Gasteiger partial charge in [0.1, 0.15) is 12.4 Å². The van der Waals surface area contributed by atoms with Crippen molar-refractivity contribution in [3.63, 3.8) is 0 Å². The predicted octanol–water partition coefficient (Wildman–Crippen LogP) is 2.76. The predicted molar refractivity (Wildman–Crippen MR) is 83.7 cm³/mol. The third kappa shape index (κ3) is 6.46. The van der Waals surface area contributed by atoms with Crippen molar-refractivity contribution < 1.29 is 14.2 Å². The Labute approximate surface area is 127 Å². The van der Waals surface area contributed by atoms with Gasteiger partial charge in [-0.05, 0) is 30.5 Å². The molecule has 1 heterocycles. The maximum Gasteiger partial charge on any atom is 0.119 e. The summed E-state index contributed by atoms with van der Waals surface area (Å²) in [5.41, 5.74) is 1.24. The Bertz CT molecular complexity index is 403. The Balaban J connectivity index is 1.62. The first-order valence-corrected chi connectivity index (χ1v) is 7.88. The second-order valence-electron chi connectivity index (χ2n) is 5.74. The molecule has 1 aliphatic heterocycles. The molecule has 1 aromatic rings. The van der Waals surface area contributed by atoms with Gasteiger partial charge in [-0.2, -0.15) is 0 Å². The van der Waals surface area contributed by atoms with E-state index in [2.05, 4.69) is 31.3 Å². The largest absolute Gasteiger partial charge is 0.491 e. The molecule has 1 unspecified atom stereocenters. The van der Waals surface area contributed by atoms with E-state index in [9.17, 15) is 0 Å². The average Bonchev–Trinajstić information content (AvgIpc) is 2.98. The molecule has 0 radical (unpaired) electrons. The van der Waals surface area contributed by atoms with Gasteiger partial charge in [-0.3, -0.25) is 0 Å². The van der Waals surface area contributed by atoms with Crippen molar-refractivity contribution in [1.82, 2.24) is 5.32 Å². The first kappa shape index (κ1) is 16.3. The van der Waals surface area contributed by atoms with Crippen molar-refractivity contribution in [3.05, 3.63) is 29.8 Å². The SMILES string of the molecule is CC(C)NCc1cccc(OCCOCC2CCCO2)c1. The number of rotatable bonds is 9. The number of benzene rings is 1. The van der Waals surface area contributed by atoms with Gasteiger partial charge in [-0.15, -0.1) is 0 Å². The number of ether oxygens (including phenoxy) is 3. The average molecular weight is 293 g/mol. The molecule has 0 aliphatic carbocycles. The maximum atomic E-state index is 5.72. The Kier molecular flexibility index (Phi) is 7.00. The lowest BCUT2D eigenvalue weighted by molar-refractivity contribution is 0.00852. The third-order valence-corrected chi connectivity index (χ3v) is 3.44. The summed E-state index contributed by atoms with van der Waals surface area (Å²) < 4.78 is 16.8. The van der Waals surface area contributed by atoms with E-state index in [1.807, 2.05) is 12.1 Å². The van der Waals surface area contributed by atoms with Gasteiger partial charge in [0.15, 0.2) is 0 Å². The molecule has 21 heavy (non-hydrogen) atoms. The van der Waals surface area contributed by atoms with Gasteiger partial charge in [0.05, 0.1) is 19.3 Å². The zero-order valence-corrected chi connectivity index (χ0v) is 13.1. The van der Waals surface area contributed by atoms with Crippen LogP contribution in [0.4, 0.5) is 0 Å². The molecule has 1 aliphatic rings. The highest BCUT2D eigenvalue weighted by Crippen LogP contribution is 2.14. The van der Waals surface area contributed by atoms with E-state index >= 15 is 0 Å². The zero-order chi connectivity index (χ0) is 14.9. The molecule has 1 aromatic carbocycles. The number of hydrogen-bond acceptors (Lipinski definition) is 4. The van der Waals surface area contributed by atoms with Crippen molar-refractivity contribution in [3.8, 4) is 5.75 Å². The Morgan fingerprint density at radius 2 is 2.24 bits per heavy atom. The second kappa shape index (κ2) is 9.03. The molecule has 4 heteroatoms. The fraction of sp³-hybridized carbons (Fsp3) is 0.647. The van der Waals surface area contributed by atoms with Crippen molar-refractivity contribution in [2.24, 2.45) is 0 Å². The molecule has 0 amide bonds. The fourth-order valence-electron chi connectivity index (χ4n) is 2.28. The molecule has 1 fully saturated rings. The van der Waals surface area contributed by atoms with E-state index in [4.69, 9.17) is 14.2 Å². The number of hydrogen-bond donors (Lipinski definition) is 1. The summed E-state index contributed by atoms with van der Waals surface area (Å²) in [7, 11) is 0. The van der Waals surface area contributed by atoms with E-state index < -0.39 is 0 Å². The Morgan fingerprint density at radius 3 is 3.00 bits per heavy atom. The molecular weight excluding hydrogens is 266 g/mol. The lowest BCUT2D eigenvalue weighted by Crippen LogP contribution is -2.21. The van der Waals surface area contributed by atoms with Gasteiger partial charge < -0.3 is 19.5 Å². The monoisotopic (exact) mass is 293 g/mol. The molecule has 0 saturated carbocycles. The quantitative estimate of drug-likeness (QED) is 0.711.